The number of rotatable bonds is 3. The minimum Gasteiger partial charge on any atom is -0.344 e. The van der Waals surface area contributed by atoms with Crippen LogP contribution in [-0.4, -0.2) is 35.4 Å². The average molecular weight is 323 g/mol. The molecule has 120 valence electrons. The van der Waals surface area contributed by atoms with Gasteiger partial charge in [-0.1, -0.05) is 12.5 Å². The van der Waals surface area contributed by atoms with E-state index >= 15 is 0 Å². The van der Waals surface area contributed by atoms with E-state index in [0.29, 0.717) is 23.4 Å². The van der Waals surface area contributed by atoms with Gasteiger partial charge in [-0.2, -0.15) is 0 Å². The minimum atomic E-state index is -2.44. The summed E-state index contributed by atoms with van der Waals surface area (Å²) in [6, 6.07) is 6.32. The standard InChI is InChI=1S/C15H21N3O3S/c1-16-22(2,21)12-7-5-6-11(10-12)17-15(20)13-8-3-4-9-14(19)18-13/h5-7,10,13H,3-4,8-9H2,1-2H3,(H,17,20)(H,18,19). The first-order valence-electron chi connectivity index (χ1n) is 7.23. The molecule has 1 fully saturated rings. The van der Waals surface area contributed by atoms with Crippen LogP contribution >= 0.6 is 0 Å². The highest BCUT2D eigenvalue weighted by atomic mass is 32.2. The molecule has 7 heteroatoms. The van der Waals surface area contributed by atoms with Crippen LogP contribution in [0.15, 0.2) is 33.5 Å². The molecule has 2 atom stereocenters. The van der Waals surface area contributed by atoms with Gasteiger partial charge in [-0.3, -0.25) is 9.59 Å². The zero-order valence-electron chi connectivity index (χ0n) is 12.8. The summed E-state index contributed by atoms with van der Waals surface area (Å²) in [5, 5.41) is 5.50. The lowest BCUT2D eigenvalue weighted by Crippen LogP contribution is -2.42. The van der Waals surface area contributed by atoms with Crippen molar-refractivity contribution in [3.8, 4) is 0 Å². The number of hydrogen-bond donors (Lipinski definition) is 2. The third-order valence-electron chi connectivity index (χ3n) is 3.69. The average Bonchev–Trinajstić information content (AvgIpc) is 2.72. The molecule has 0 radical (unpaired) electrons. The number of benzene rings is 1. The number of nitrogens with zero attached hydrogens (tertiary/aromatic N) is 1. The Morgan fingerprint density at radius 3 is 2.91 bits per heavy atom. The second-order valence-electron chi connectivity index (χ2n) is 5.37. The van der Waals surface area contributed by atoms with Crippen molar-refractivity contribution in [3.63, 3.8) is 0 Å². The van der Waals surface area contributed by atoms with E-state index in [1.165, 1.54) is 7.05 Å². The SMILES string of the molecule is CN=S(C)(=O)c1cccc(NC(=O)C2CCCCC(=O)N2)c1. The van der Waals surface area contributed by atoms with E-state index in [1.54, 1.807) is 30.5 Å². The van der Waals surface area contributed by atoms with E-state index in [4.69, 9.17) is 0 Å². The van der Waals surface area contributed by atoms with E-state index in [0.717, 1.165) is 12.8 Å². The molecule has 1 heterocycles. The van der Waals surface area contributed by atoms with Crippen molar-refractivity contribution in [2.24, 2.45) is 4.36 Å². The Labute approximate surface area is 130 Å². The molecule has 2 N–H and O–H groups in total. The number of carbonyl (C=O) groups excluding carboxylic acids is 2. The van der Waals surface area contributed by atoms with E-state index in [-0.39, 0.29) is 11.8 Å². The molecule has 2 rings (SSSR count). The fourth-order valence-corrected chi connectivity index (χ4v) is 3.20. The van der Waals surface area contributed by atoms with Crippen molar-refractivity contribution in [2.45, 2.75) is 36.6 Å². The van der Waals surface area contributed by atoms with Crippen molar-refractivity contribution in [1.82, 2.24) is 5.32 Å². The van der Waals surface area contributed by atoms with Gasteiger partial charge in [0.15, 0.2) is 0 Å². The lowest BCUT2D eigenvalue weighted by Gasteiger charge is -2.16. The summed E-state index contributed by atoms with van der Waals surface area (Å²) in [5.74, 6) is -0.337. The highest BCUT2D eigenvalue weighted by Crippen LogP contribution is 2.18. The molecule has 22 heavy (non-hydrogen) atoms. The molecular weight excluding hydrogens is 302 g/mol. The largest absolute Gasteiger partial charge is 0.344 e. The van der Waals surface area contributed by atoms with Crippen LogP contribution in [0.4, 0.5) is 5.69 Å². The summed E-state index contributed by atoms with van der Waals surface area (Å²) >= 11 is 0. The Balaban J connectivity index is 2.13. The van der Waals surface area contributed by atoms with Gasteiger partial charge in [0.25, 0.3) is 0 Å². The van der Waals surface area contributed by atoms with E-state index in [2.05, 4.69) is 15.0 Å². The molecular formula is C15H21N3O3S. The summed E-state index contributed by atoms with van der Waals surface area (Å²) < 4.78 is 16.1. The predicted octanol–water partition coefficient (Wildman–Crippen LogP) is 1.77. The third-order valence-corrected chi connectivity index (χ3v) is 5.51. The van der Waals surface area contributed by atoms with E-state index < -0.39 is 15.8 Å². The zero-order valence-corrected chi connectivity index (χ0v) is 13.6. The first kappa shape index (κ1) is 16.5. The van der Waals surface area contributed by atoms with Crippen LogP contribution in [0.2, 0.25) is 0 Å². The van der Waals surface area contributed by atoms with Crippen LogP contribution in [0.5, 0.6) is 0 Å². The van der Waals surface area contributed by atoms with Crippen molar-refractivity contribution in [3.05, 3.63) is 24.3 Å². The van der Waals surface area contributed by atoms with Gasteiger partial charge in [0.1, 0.15) is 6.04 Å². The molecule has 1 aromatic carbocycles. The maximum absolute atomic E-state index is 12.3. The molecule has 0 spiro atoms. The van der Waals surface area contributed by atoms with Gasteiger partial charge in [-0.15, -0.1) is 0 Å². The summed E-state index contributed by atoms with van der Waals surface area (Å²) in [6.07, 6.45) is 4.30. The van der Waals surface area contributed by atoms with Gasteiger partial charge < -0.3 is 10.6 Å². The summed E-state index contributed by atoms with van der Waals surface area (Å²) in [4.78, 5) is 24.4. The number of amides is 2. The summed E-state index contributed by atoms with van der Waals surface area (Å²) in [6.45, 7) is 0. The number of hydrogen-bond acceptors (Lipinski definition) is 4. The molecule has 2 amide bonds. The Kier molecular flexibility index (Phi) is 5.18. The summed E-state index contributed by atoms with van der Waals surface area (Å²) in [5.41, 5.74) is 0.555. The molecule has 0 aliphatic carbocycles. The second kappa shape index (κ2) is 6.91. The number of anilines is 1. The van der Waals surface area contributed by atoms with Crippen molar-refractivity contribution in [1.29, 1.82) is 0 Å². The van der Waals surface area contributed by atoms with Gasteiger partial charge in [0.05, 0.1) is 9.73 Å². The lowest BCUT2D eigenvalue weighted by molar-refractivity contribution is -0.125. The highest BCUT2D eigenvalue weighted by molar-refractivity contribution is 7.93. The van der Waals surface area contributed by atoms with Crippen LogP contribution in [0, 0.1) is 0 Å². The minimum absolute atomic E-state index is 0.0900. The quantitative estimate of drug-likeness (QED) is 0.888. The topological polar surface area (TPSA) is 87.6 Å². The molecule has 0 bridgehead atoms. The normalized spacial score (nSPS) is 21.2. The molecule has 1 saturated heterocycles. The Morgan fingerprint density at radius 1 is 1.41 bits per heavy atom. The molecule has 2 unspecified atom stereocenters. The first-order chi connectivity index (χ1) is 10.4. The van der Waals surface area contributed by atoms with Crippen LogP contribution in [-0.2, 0) is 19.3 Å². The Morgan fingerprint density at radius 2 is 2.18 bits per heavy atom. The lowest BCUT2D eigenvalue weighted by atomic mass is 10.1. The first-order valence-corrected chi connectivity index (χ1v) is 9.15. The Bertz CT molecular complexity index is 693. The molecule has 1 aliphatic heterocycles. The summed E-state index contributed by atoms with van der Waals surface area (Å²) in [7, 11) is -0.933. The highest BCUT2D eigenvalue weighted by Gasteiger charge is 2.23. The molecule has 0 aromatic heterocycles. The van der Waals surface area contributed by atoms with Gasteiger partial charge in [0.2, 0.25) is 11.8 Å². The molecule has 1 aromatic rings. The molecule has 0 saturated carbocycles. The van der Waals surface area contributed by atoms with Gasteiger partial charge in [0, 0.05) is 30.3 Å². The maximum Gasteiger partial charge on any atom is 0.246 e. The van der Waals surface area contributed by atoms with Gasteiger partial charge in [-0.05, 0) is 31.0 Å². The van der Waals surface area contributed by atoms with Gasteiger partial charge >= 0.3 is 0 Å². The van der Waals surface area contributed by atoms with Crippen molar-refractivity contribution >= 4 is 27.2 Å². The monoisotopic (exact) mass is 323 g/mol. The van der Waals surface area contributed by atoms with Gasteiger partial charge in [-0.25, -0.2) is 8.57 Å². The number of carbonyl (C=O) groups is 2. The molecule has 6 nitrogen and oxygen atoms in total. The van der Waals surface area contributed by atoms with E-state index in [1.807, 2.05) is 0 Å². The smallest absolute Gasteiger partial charge is 0.246 e. The third kappa shape index (κ3) is 4.07. The fourth-order valence-electron chi connectivity index (χ4n) is 2.31. The van der Waals surface area contributed by atoms with Crippen LogP contribution < -0.4 is 10.6 Å². The second-order valence-corrected chi connectivity index (χ2v) is 7.81. The van der Waals surface area contributed by atoms with Crippen LogP contribution in [0.25, 0.3) is 0 Å². The Hall–Kier alpha value is -1.89. The van der Waals surface area contributed by atoms with Crippen LogP contribution in [0.3, 0.4) is 0 Å². The van der Waals surface area contributed by atoms with E-state index in [9.17, 15) is 13.8 Å². The van der Waals surface area contributed by atoms with Crippen molar-refractivity contribution in [2.75, 3.05) is 18.6 Å². The predicted molar refractivity (Wildman–Crippen MR) is 86.2 cm³/mol. The van der Waals surface area contributed by atoms with Crippen LogP contribution in [0.1, 0.15) is 25.7 Å². The maximum atomic E-state index is 12.3. The molecule has 1 aliphatic rings. The fraction of sp³-hybridized carbons (Fsp3) is 0.467. The zero-order chi connectivity index (χ0) is 16.2. The van der Waals surface area contributed by atoms with Crippen molar-refractivity contribution < 1.29 is 13.8 Å². The number of nitrogens with one attached hydrogen (secondary N) is 2.